The molecule has 3 rings (SSSR count). The molecule has 0 bridgehead atoms. The van der Waals surface area contributed by atoms with Crippen LogP contribution in [0.4, 0.5) is 0 Å². The monoisotopic (exact) mass is 350 g/mol. The lowest BCUT2D eigenvalue weighted by Crippen LogP contribution is -2.54. The van der Waals surface area contributed by atoms with Gasteiger partial charge in [0.1, 0.15) is 6.33 Å². The van der Waals surface area contributed by atoms with E-state index in [4.69, 9.17) is 14.3 Å². The van der Waals surface area contributed by atoms with E-state index in [-0.39, 0.29) is 5.25 Å². The SMILES string of the molecule is COc1cc2ncnc(CCN3CC(S(C)(=N)=O)C3)c2cc1OC. The van der Waals surface area contributed by atoms with Gasteiger partial charge in [-0.3, -0.25) is 4.78 Å². The van der Waals surface area contributed by atoms with Gasteiger partial charge in [-0.1, -0.05) is 0 Å². The maximum Gasteiger partial charge on any atom is 0.162 e. The fourth-order valence-corrected chi connectivity index (χ4v) is 3.88. The number of fused-ring (bicyclic) bond motifs is 1. The third kappa shape index (κ3) is 3.29. The van der Waals surface area contributed by atoms with E-state index in [9.17, 15) is 4.21 Å². The Morgan fingerprint density at radius 1 is 1.25 bits per heavy atom. The van der Waals surface area contributed by atoms with Gasteiger partial charge in [-0.05, 0) is 6.07 Å². The van der Waals surface area contributed by atoms with Crippen LogP contribution in [0, 0.1) is 4.78 Å². The first-order chi connectivity index (χ1) is 11.4. The molecule has 0 radical (unpaired) electrons. The second-order valence-electron chi connectivity index (χ2n) is 6.08. The van der Waals surface area contributed by atoms with Gasteiger partial charge in [0.05, 0.1) is 30.7 Å². The average Bonchev–Trinajstić information content (AvgIpc) is 2.50. The second-order valence-corrected chi connectivity index (χ2v) is 8.55. The first-order valence-electron chi connectivity index (χ1n) is 7.73. The summed E-state index contributed by atoms with van der Waals surface area (Å²) in [5, 5.41) is 0.941. The van der Waals surface area contributed by atoms with Crippen LogP contribution in [0.15, 0.2) is 18.5 Å². The molecule has 1 unspecified atom stereocenters. The van der Waals surface area contributed by atoms with Crippen molar-refractivity contribution in [3.8, 4) is 11.5 Å². The van der Waals surface area contributed by atoms with Gasteiger partial charge in [-0.15, -0.1) is 0 Å². The van der Waals surface area contributed by atoms with Crippen molar-refractivity contribution in [2.45, 2.75) is 11.7 Å². The Labute approximate surface area is 142 Å². The number of aromatic nitrogens is 2. The van der Waals surface area contributed by atoms with Crippen LogP contribution >= 0.6 is 0 Å². The molecule has 1 aliphatic heterocycles. The van der Waals surface area contributed by atoms with Crippen LogP contribution in [0.2, 0.25) is 0 Å². The molecule has 1 aromatic carbocycles. The Kier molecular flexibility index (Phi) is 4.60. The first kappa shape index (κ1) is 16.9. The summed E-state index contributed by atoms with van der Waals surface area (Å²) >= 11 is 0. The largest absolute Gasteiger partial charge is 0.493 e. The van der Waals surface area contributed by atoms with E-state index < -0.39 is 9.73 Å². The molecule has 1 aliphatic rings. The van der Waals surface area contributed by atoms with Gasteiger partial charge < -0.3 is 14.4 Å². The third-order valence-corrected chi connectivity index (χ3v) is 6.02. The first-order valence-corrected chi connectivity index (χ1v) is 9.76. The Bertz CT molecular complexity index is 848. The number of nitrogens with zero attached hydrogens (tertiary/aromatic N) is 3. The van der Waals surface area contributed by atoms with Crippen LogP contribution in [0.1, 0.15) is 5.69 Å². The van der Waals surface area contributed by atoms with Gasteiger partial charge >= 0.3 is 0 Å². The zero-order valence-corrected chi connectivity index (χ0v) is 14.9. The summed E-state index contributed by atoms with van der Waals surface area (Å²) in [6, 6.07) is 3.76. The fourth-order valence-electron chi connectivity index (χ4n) is 2.89. The van der Waals surface area contributed by atoms with Crippen molar-refractivity contribution in [2.24, 2.45) is 0 Å². The minimum absolute atomic E-state index is 0.0102. The third-order valence-electron chi connectivity index (χ3n) is 4.45. The molecule has 0 amide bonds. The Morgan fingerprint density at radius 3 is 2.54 bits per heavy atom. The van der Waals surface area contributed by atoms with E-state index in [2.05, 4.69) is 14.9 Å². The van der Waals surface area contributed by atoms with Crippen molar-refractivity contribution in [3.63, 3.8) is 0 Å². The smallest absolute Gasteiger partial charge is 0.162 e. The van der Waals surface area contributed by atoms with E-state index in [1.54, 1.807) is 20.5 Å². The molecule has 2 heterocycles. The molecule has 1 atom stereocenters. The molecular weight excluding hydrogens is 328 g/mol. The minimum atomic E-state index is -2.43. The van der Waals surface area contributed by atoms with E-state index in [0.717, 1.165) is 42.7 Å². The van der Waals surface area contributed by atoms with Gasteiger partial charge in [-0.25, -0.2) is 14.2 Å². The van der Waals surface area contributed by atoms with Crippen molar-refractivity contribution in [1.29, 1.82) is 4.78 Å². The number of hydrogen-bond acceptors (Lipinski definition) is 7. The standard InChI is InChI=1S/C16H22N4O3S/c1-22-15-6-12-13(18-10-19-14(12)7-16(15)23-2)4-5-20-8-11(9-20)24(3,17)21/h6-7,10-11,17H,4-5,8-9H2,1-3H3. The molecule has 0 saturated carbocycles. The maximum atomic E-state index is 11.7. The van der Waals surface area contributed by atoms with Crippen molar-refractivity contribution in [3.05, 3.63) is 24.2 Å². The Hall–Kier alpha value is -1.93. The average molecular weight is 350 g/mol. The molecule has 1 N–H and O–H groups in total. The summed E-state index contributed by atoms with van der Waals surface area (Å²) < 4.78 is 30.0. The molecule has 1 aromatic heterocycles. The van der Waals surface area contributed by atoms with Gasteiger partial charge in [0.15, 0.2) is 11.5 Å². The Morgan fingerprint density at radius 2 is 1.92 bits per heavy atom. The molecule has 7 nitrogen and oxygen atoms in total. The van der Waals surface area contributed by atoms with Crippen LogP contribution in [0.5, 0.6) is 11.5 Å². The van der Waals surface area contributed by atoms with Crippen molar-refractivity contribution < 1.29 is 13.7 Å². The maximum absolute atomic E-state index is 11.7. The summed E-state index contributed by atoms with van der Waals surface area (Å²) in [6.45, 7) is 2.27. The molecule has 8 heteroatoms. The van der Waals surface area contributed by atoms with Crippen LogP contribution in [0.25, 0.3) is 10.9 Å². The predicted octanol–water partition coefficient (Wildman–Crippen LogP) is 1.55. The van der Waals surface area contributed by atoms with Crippen molar-refractivity contribution in [1.82, 2.24) is 14.9 Å². The molecule has 24 heavy (non-hydrogen) atoms. The zero-order valence-electron chi connectivity index (χ0n) is 14.1. The van der Waals surface area contributed by atoms with Crippen LogP contribution in [-0.2, 0) is 16.1 Å². The number of rotatable bonds is 6. The summed E-state index contributed by atoms with van der Waals surface area (Å²) in [7, 11) is 0.778. The van der Waals surface area contributed by atoms with Gasteiger partial charge in [0, 0.05) is 53.5 Å². The van der Waals surface area contributed by atoms with Gasteiger partial charge in [-0.2, -0.15) is 0 Å². The summed E-state index contributed by atoms with van der Waals surface area (Å²) in [5.41, 5.74) is 1.77. The lowest BCUT2D eigenvalue weighted by molar-refractivity contribution is 0.189. The zero-order chi connectivity index (χ0) is 17.3. The molecule has 0 spiro atoms. The van der Waals surface area contributed by atoms with E-state index in [1.807, 2.05) is 12.1 Å². The summed E-state index contributed by atoms with van der Waals surface area (Å²) in [4.78, 5) is 10.9. The van der Waals surface area contributed by atoms with Crippen LogP contribution in [-0.4, -0.2) is 64.4 Å². The highest BCUT2D eigenvalue weighted by molar-refractivity contribution is 7.92. The van der Waals surface area contributed by atoms with Crippen molar-refractivity contribution >= 4 is 20.6 Å². The van der Waals surface area contributed by atoms with Gasteiger partial charge in [0.25, 0.3) is 0 Å². The molecule has 1 fully saturated rings. The Balaban J connectivity index is 1.76. The molecule has 2 aromatic rings. The number of methoxy groups -OCH3 is 2. The molecule has 130 valence electrons. The lowest BCUT2D eigenvalue weighted by Gasteiger charge is -2.39. The summed E-state index contributed by atoms with van der Waals surface area (Å²) in [5.74, 6) is 1.30. The van der Waals surface area contributed by atoms with E-state index in [0.29, 0.717) is 11.5 Å². The van der Waals surface area contributed by atoms with Crippen molar-refractivity contribution in [2.75, 3.05) is 40.1 Å². The minimum Gasteiger partial charge on any atom is -0.493 e. The predicted molar refractivity (Wildman–Crippen MR) is 93.4 cm³/mol. The fraction of sp³-hybridized carbons (Fsp3) is 0.500. The van der Waals surface area contributed by atoms with Gasteiger partial charge in [0.2, 0.25) is 0 Å². The lowest BCUT2D eigenvalue weighted by atomic mass is 10.1. The number of likely N-dealkylation sites (tertiary alicyclic amines) is 1. The molecule has 1 saturated heterocycles. The van der Waals surface area contributed by atoms with Crippen LogP contribution < -0.4 is 9.47 Å². The second kappa shape index (κ2) is 6.52. The number of ether oxygens (including phenoxy) is 2. The quantitative estimate of drug-likeness (QED) is 0.850. The number of benzene rings is 1. The highest BCUT2D eigenvalue weighted by Crippen LogP contribution is 2.32. The highest BCUT2D eigenvalue weighted by atomic mass is 32.2. The molecular formula is C16H22N4O3S. The highest BCUT2D eigenvalue weighted by Gasteiger charge is 2.31. The van der Waals surface area contributed by atoms with E-state index >= 15 is 0 Å². The van der Waals surface area contributed by atoms with Crippen LogP contribution in [0.3, 0.4) is 0 Å². The number of nitrogens with one attached hydrogen (secondary N) is 1. The normalized spacial score (nSPS) is 18.1. The van der Waals surface area contributed by atoms with E-state index in [1.165, 1.54) is 6.26 Å². The molecule has 0 aliphatic carbocycles. The topological polar surface area (TPSA) is 88.4 Å². The number of hydrogen-bond donors (Lipinski definition) is 1. The summed E-state index contributed by atoms with van der Waals surface area (Å²) in [6.07, 6.45) is 3.85.